The normalized spacial score (nSPS) is 10.1. The summed E-state index contributed by atoms with van der Waals surface area (Å²) in [6.45, 7) is 7.81. The van der Waals surface area contributed by atoms with Crippen molar-refractivity contribution in [1.29, 1.82) is 0 Å². The number of aromatic nitrogens is 2. The fourth-order valence-electron chi connectivity index (χ4n) is 1.88. The monoisotopic (exact) mass is 270 g/mol. The van der Waals surface area contributed by atoms with Gasteiger partial charge in [-0.1, -0.05) is 6.58 Å². The number of carbonyl (C=O) groups excluding carboxylic acids is 1. The molecule has 0 bridgehead atoms. The highest BCUT2D eigenvalue weighted by atomic mass is 16.1. The zero-order valence-corrected chi connectivity index (χ0v) is 11.7. The molecule has 0 aliphatic carbocycles. The quantitative estimate of drug-likeness (QED) is 0.878. The van der Waals surface area contributed by atoms with Gasteiger partial charge in [0.25, 0.3) is 0 Å². The molecule has 5 nitrogen and oxygen atoms in total. The molecule has 0 atom stereocenters. The largest absolute Gasteiger partial charge is 0.381 e. The van der Waals surface area contributed by atoms with Gasteiger partial charge in [-0.15, -0.1) is 0 Å². The van der Waals surface area contributed by atoms with E-state index >= 15 is 0 Å². The van der Waals surface area contributed by atoms with Crippen LogP contribution < -0.4 is 10.6 Å². The van der Waals surface area contributed by atoms with Crippen molar-refractivity contribution in [3.8, 4) is 0 Å². The van der Waals surface area contributed by atoms with E-state index in [1.165, 1.54) is 6.92 Å². The maximum atomic E-state index is 11.0. The Kier molecular flexibility index (Phi) is 4.20. The number of nitrogens with one attached hydrogen (secondary N) is 2. The minimum Gasteiger partial charge on any atom is -0.381 e. The van der Waals surface area contributed by atoms with Gasteiger partial charge in [-0.2, -0.15) is 5.10 Å². The van der Waals surface area contributed by atoms with Crippen LogP contribution in [0.2, 0.25) is 0 Å². The van der Waals surface area contributed by atoms with Crippen LogP contribution in [-0.4, -0.2) is 15.7 Å². The van der Waals surface area contributed by atoms with Crippen LogP contribution in [0, 0.1) is 6.92 Å². The van der Waals surface area contributed by atoms with Crippen LogP contribution in [0.3, 0.4) is 0 Å². The van der Waals surface area contributed by atoms with Gasteiger partial charge in [0.05, 0.1) is 6.20 Å². The molecule has 2 rings (SSSR count). The van der Waals surface area contributed by atoms with E-state index in [1.807, 2.05) is 31.3 Å². The van der Waals surface area contributed by atoms with Crippen LogP contribution in [0.1, 0.15) is 18.1 Å². The Balaban J connectivity index is 2.01. The number of anilines is 2. The molecule has 0 saturated heterocycles. The fraction of sp³-hybridized carbons (Fsp3) is 0.200. The Hall–Kier alpha value is -2.56. The molecule has 1 amide bonds. The lowest BCUT2D eigenvalue weighted by Gasteiger charge is -2.10. The highest BCUT2D eigenvalue weighted by Crippen LogP contribution is 2.20. The van der Waals surface area contributed by atoms with Gasteiger partial charge in [0, 0.05) is 42.8 Å². The van der Waals surface area contributed by atoms with E-state index in [1.54, 1.807) is 17.1 Å². The lowest BCUT2D eigenvalue weighted by atomic mass is 10.1. The number of amides is 1. The van der Waals surface area contributed by atoms with Crippen molar-refractivity contribution in [2.45, 2.75) is 20.4 Å². The summed E-state index contributed by atoms with van der Waals surface area (Å²) in [6, 6.07) is 5.84. The second kappa shape index (κ2) is 6.06. The van der Waals surface area contributed by atoms with Crippen LogP contribution in [0.4, 0.5) is 11.4 Å². The van der Waals surface area contributed by atoms with Gasteiger partial charge in [-0.05, 0) is 30.7 Å². The SMILES string of the molecule is C=Cn1cc(CNc2ccc(NC(C)=O)c(C)c2)cn1. The molecule has 5 heteroatoms. The fourth-order valence-corrected chi connectivity index (χ4v) is 1.88. The maximum absolute atomic E-state index is 11.0. The Morgan fingerprint density at radius 3 is 2.90 bits per heavy atom. The average molecular weight is 270 g/mol. The first-order valence-electron chi connectivity index (χ1n) is 6.36. The van der Waals surface area contributed by atoms with Gasteiger partial charge in [-0.25, -0.2) is 4.68 Å². The second-order valence-corrected chi connectivity index (χ2v) is 4.58. The summed E-state index contributed by atoms with van der Waals surface area (Å²) in [4.78, 5) is 11.0. The summed E-state index contributed by atoms with van der Waals surface area (Å²) in [5, 5.41) is 10.2. The zero-order valence-electron chi connectivity index (χ0n) is 11.7. The number of hydrogen-bond acceptors (Lipinski definition) is 3. The van der Waals surface area contributed by atoms with E-state index in [2.05, 4.69) is 22.3 Å². The molecule has 0 fully saturated rings. The van der Waals surface area contributed by atoms with Crippen molar-refractivity contribution in [2.75, 3.05) is 10.6 Å². The molecule has 20 heavy (non-hydrogen) atoms. The predicted octanol–water partition coefficient (Wildman–Crippen LogP) is 2.86. The third-order valence-corrected chi connectivity index (χ3v) is 2.88. The lowest BCUT2D eigenvalue weighted by molar-refractivity contribution is -0.114. The molecule has 0 aliphatic rings. The van der Waals surface area contributed by atoms with Crippen molar-refractivity contribution in [2.24, 2.45) is 0 Å². The van der Waals surface area contributed by atoms with Crippen molar-refractivity contribution in [3.05, 3.63) is 48.3 Å². The van der Waals surface area contributed by atoms with Crippen molar-refractivity contribution < 1.29 is 4.79 Å². The smallest absolute Gasteiger partial charge is 0.221 e. The van der Waals surface area contributed by atoms with Gasteiger partial charge in [0.15, 0.2) is 0 Å². The molecule has 1 aromatic heterocycles. The van der Waals surface area contributed by atoms with E-state index in [4.69, 9.17) is 0 Å². The second-order valence-electron chi connectivity index (χ2n) is 4.58. The number of hydrogen-bond donors (Lipinski definition) is 2. The highest BCUT2D eigenvalue weighted by molar-refractivity contribution is 5.89. The summed E-state index contributed by atoms with van der Waals surface area (Å²) in [6.07, 6.45) is 5.36. The average Bonchev–Trinajstić information content (AvgIpc) is 2.87. The van der Waals surface area contributed by atoms with Crippen LogP contribution in [-0.2, 0) is 11.3 Å². The Bertz CT molecular complexity index is 631. The highest BCUT2D eigenvalue weighted by Gasteiger charge is 2.02. The van der Waals surface area contributed by atoms with Crippen molar-refractivity contribution in [1.82, 2.24) is 9.78 Å². The topological polar surface area (TPSA) is 59.0 Å². The van der Waals surface area contributed by atoms with E-state index in [9.17, 15) is 4.79 Å². The first-order valence-corrected chi connectivity index (χ1v) is 6.36. The molecular weight excluding hydrogens is 252 g/mol. The lowest BCUT2D eigenvalue weighted by Crippen LogP contribution is -2.07. The molecular formula is C15H18N4O. The van der Waals surface area contributed by atoms with E-state index in [0.717, 1.165) is 22.5 Å². The number of nitrogens with zero attached hydrogens (tertiary/aromatic N) is 2. The minimum atomic E-state index is -0.0642. The standard InChI is InChI=1S/C15H18N4O/c1-4-19-10-13(9-17-19)8-16-14-5-6-15(11(2)7-14)18-12(3)20/h4-7,9-10,16H,1,8H2,2-3H3,(H,18,20). The molecule has 2 N–H and O–H groups in total. The van der Waals surface area contributed by atoms with Gasteiger partial charge in [0.2, 0.25) is 5.91 Å². The number of carbonyl (C=O) groups is 1. The molecule has 0 unspecified atom stereocenters. The van der Waals surface area contributed by atoms with E-state index in [-0.39, 0.29) is 5.91 Å². The summed E-state index contributed by atoms with van der Waals surface area (Å²) in [5.74, 6) is -0.0642. The Labute approximate surface area is 118 Å². The van der Waals surface area contributed by atoms with E-state index < -0.39 is 0 Å². The molecule has 0 aliphatic heterocycles. The van der Waals surface area contributed by atoms with E-state index in [0.29, 0.717) is 6.54 Å². The minimum absolute atomic E-state index is 0.0642. The van der Waals surface area contributed by atoms with Crippen LogP contribution in [0.5, 0.6) is 0 Å². The third-order valence-electron chi connectivity index (χ3n) is 2.88. The first kappa shape index (κ1) is 13.9. The number of rotatable bonds is 5. The van der Waals surface area contributed by atoms with Crippen LogP contribution >= 0.6 is 0 Å². The van der Waals surface area contributed by atoms with Crippen LogP contribution in [0.15, 0.2) is 37.2 Å². The zero-order chi connectivity index (χ0) is 14.5. The molecule has 2 aromatic rings. The molecule has 0 radical (unpaired) electrons. The molecule has 0 spiro atoms. The Morgan fingerprint density at radius 2 is 2.30 bits per heavy atom. The van der Waals surface area contributed by atoms with Crippen molar-refractivity contribution >= 4 is 23.5 Å². The summed E-state index contributed by atoms with van der Waals surface area (Å²) in [5.41, 5.74) is 3.94. The molecule has 104 valence electrons. The Morgan fingerprint density at radius 1 is 1.50 bits per heavy atom. The van der Waals surface area contributed by atoms with Gasteiger partial charge < -0.3 is 10.6 Å². The maximum Gasteiger partial charge on any atom is 0.221 e. The third kappa shape index (κ3) is 3.47. The summed E-state index contributed by atoms with van der Waals surface area (Å²) in [7, 11) is 0. The summed E-state index contributed by atoms with van der Waals surface area (Å²) >= 11 is 0. The molecule has 1 aromatic carbocycles. The molecule has 1 heterocycles. The van der Waals surface area contributed by atoms with Gasteiger partial charge >= 0.3 is 0 Å². The number of aryl methyl sites for hydroxylation is 1. The summed E-state index contributed by atoms with van der Waals surface area (Å²) < 4.78 is 1.67. The van der Waals surface area contributed by atoms with Gasteiger partial charge in [-0.3, -0.25) is 4.79 Å². The predicted molar refractivity (Wildman–Crippen MR) is 81.4 cm³/mol. The molecule has 0 saturated carbocycles. The van der Waals surface area contributed by atoms with Gasteiger partial charge in [0.1, 0.15) is 0 Å². The number of benzene rings is 1. The van der Waals surface area contributed by atoms with Crippen LogP contribution in [0.25, 0.3) is 6.20 Å². The van der Waals surface area contributed by atoms with Crippen molar-refractivity contribution in [3.63, 3.8) is 0 Å². The first-order chi connectivity index (χ1) is 9.58.